The average Bonchev–Trinajstić information content (AvgIpc) is 3.30. The average molecular weight is 519 g/mol. The number of hydrogen-bond donors (Lipinski definition) is 1. The summed E-state index contributed by atoms with van der Waals surface area (Å²) in [5.74, 6) is 0.162. The summed E-state index contributed by atoms with van der Waals surface area (Å²) in [4.78, 5) is 36.8. The third-order valence-corrected chi connectivity index (χ3v) is 7.34. The Morgan fingerprint density at radius 1 is 1.11 bits per heavy atom. The number of aromatic nitrogens is 2. The van der Waals surface area contributed by atoms with Crippen LogP contribution in [-0.2, 0) is 6.54 Å². The first-order valence-corrected chi connectivity index (χ1v) is 13.2. The molecular formula is C29H35FN6O2. The second-order valence-electron chi connectivity index (χ2n) is 10.5. The Labute approximate surface area is 222 Å². The first-order valence-electron chi connectivity index (χ1n) is 13.2. The highest BCUT2D eigenvalue weighted by Crippen LogP contribution is 2.30. The number of nitrogens with one attached hydrogen (secondary N) is 1. The zero-order valence-electron chi connectivity index (χ0n) is 22.3. The van der Waals surface area contributed by atoms with Crippen LogP contribution in [0.2, 0.25) is 0 Å². The molecule has 9 heteroatoms. The molecule has 0 unspecified atom stereocenters. The highest BCUT2D eigenvalue weighted by molar-refractivity contribution is 5.94. The highest BCUT2D eigenvalue weighted by Gasteiger charge is 2.24. The molecule has 5 rings (SSSR count). The number of rotatable bonds is 7. The number of carbonyl (C=O) groups is 1. The van der Waals surface area contributed by atoms with Crippen molar-refractivity contribution in [3.63, 3.8) is 0 Å². The van der Waals surface area contributed by atoms with Crippen LogP contribution in [0, 0.1) is 5.82 Å². The van der Waals surface area contributed by atoms with Gasteiger partial charge in [-0.25, -0.2) is 9.37 Å². The summed E-state index contributed by atoms with van der Waals surface area (Å²) in [5.41, 5.74) is 3.31. The molecule has 1 saturated heterocycles. The van der Waals surface area contributed by atoms with Gasteiger partial charge in [0.15, 0.2) is 0 Å². The standard InChI is InChI=1S/C29H35FN6O2/c1-33(2)11-4-10-31-28(37)21-7-5-20(6-8-21)17-22-9-12-36-27(22)32-25-19-26(24(30)18-23(25)29(36)38)35-15-13-34(3)14-16-35/h5-8,17-19H,4,9-16H2,1-3H3,(H,31,37)/b22-17+. The third kappa shape index (κ3) is 5.49. The quantitative estimate of drug-likeness (QED) is 0.485. The molecule has 0 bridgehead atoms. The monoisotopic (exact) mass is 518 g/mol. The van der Waals surface area contributed by atoms with Gasteiger partial charge < -0.3 is 20.0 Å². The van der Waals surface area contributed by atoms with Gasteiger partial charge in [-0.15, -0.1) is 0 Å². The van der Waals surface area contributed by atoms with Gasteiger partial charge in [-0.3, -0.25) is 14.2 Å². The van der Waals surface area contributed by atoms with E-state index in [1.807, 2.05) is 49.3 Å². The summed E-state index contributed by atoms with van der Waals surface area (Å²) in [7, 11) is 6.08. The van der Waals surface area contributed by atoms with Crippen molar-refractivity contribution in [1.29, 1.82) is 0 Å². The lowest BCUT2D eigenvalue weighted by molar-refractivity contribution is 0.0952. The van der Waals surface area contributed by atoms with Gasteiger partial charge in [-0.05, 0) is 82.0 Å². The zero-order valence-corrected chi connectivity index (χ0v) is 22.3. The second-order valence-corrected chi connectivity index (χ2v) is 10.5. The van der Waals surface area contributed by atoms with Crippen molar-refractivity contribution in [1.82, 2.24) is 24.7 Å². The summed E-state index contributed by atoms with van der Waals surface area (Å²) in [6, 6.07) is 10.5. The number of likely N-dealkylation sites (N-methyl/N-ethyl adjacent to an activating group) is 1. The lowest BCUT2D eigenvalue weighted by Crippen LogP contribution is -2.44. The number of halogens is 1. The van der Waals surface area contributed by atoms with Crippen molar-refractivity contribution < 1.29 is 9.18 Å². The number of benzene rings is 2. The number of allylic oxidation sites excluding steroid dienone is 1. The molecule has 2 aliphatic heterocycles. The molecule has 3 heterocycles. The Morgan fingerprint density at radius 2 is 1.84 bits per heavy atom. The Kier molecular flexibility index (Phi) is 7.58. The minimum atomic E-state index is -0.378. The van der Waals surface area contributed by atoms with Gasteiger partial charge in [0.05, 0.1) is 16.6 Å². The number of carbonyl (C=O) groups excluding carboxylic acids is 1. The summed E-state index contributed by atoms with van der Waals surface area (Å²) in [6.07, 6.45) is 3.58. The Bertz CT molecular complexity index is 1420. The predicted octanol–water partition coefficient (Wildman–Crippen LogP) is 2.91. The van der Waals surface area contributed by atoms with E-state index < -0.39 is 0 Å². The summed E-state index contributed by atoms with van der Waals surface area (Å²) in [6.45, 7) is 5.26. The van der Waals surface area contributed by atoms with E-state index in [9.17, 15) is 9.59 Å². The first kappa shape index (κ1) is 26.1. The van der Waals surface area contributed by atoms with Crippen LogP contribution in [0.25, 0.3) is 22.6 Å². The van der Waals surface area contributed by atoms with E-state index in [0.717, 1.165) is 50.3 Å². The lowest BCUT2D eigenvalue weighted by atomic mass is 10.1. The van der Waals surface area contributed by atoms with Gasteiger partial charge in [0.25, 0.3) is 11.5 Å². The van der Waals surface area contributed by atoms with Crippen LogP contribution in [0.15, 0.2) is 41.2 Å². The van der Waals surface area contributed by atoms with E-state index in [1.54, 1.807) is 10.6 Å². The van der Waals surface area contributed by atoms with Gasteiger partial charge in [-0.1, -0.05) is 12.1 Å². The molecule has 0 saturated carbocycles. The number of fused-ring (bicyclic) bond motifs is 2. The molecule has 3 aromatic rings. The lowest BCUT2D eigenvalue weighted by Gasteiger charge is -2.34. The van der Waals surface area contributed by atoms with Crippen molar-refractivity contribution in [2.75, 3.05) is 65.3 Å². The topological polar surface area (TPSA) is 73.7 Å². The molecule has 2 aliphatic rings. The van der Waals surface area contributed by atoms with E-state index in [1.165, 1.54) is 6.07 Å². The third-order valence-electron chi connectivity index (χ3n) is 7.34. The van der Waals surface area contributed by atoms with Gasteiger partial charge >= 0.3 is 0 Å². The van der Waals surface area contributed by atoms with Crippen LogP contribution in [-0.4, -0.2) is 85.7 Å². The maximum atomic E-state index is 15.0. The van der Waals surface area contributed by atoms with Gasteiger partial charge in [0.2, 0.25) is 0 Å². The second kappa shape index (κ2) is 11.0. The molecule has 1 fully saturated rings. The van der Waals surface area contributed by atoms with Gasteiger partial charge in [-0.2, -0.15) is 0 Å². The van der Waals surface area contributed by atoms with E-state index in [0.29, 0.717) is 47.5 Å². The van der Waals surface area contributed by atoms with Crippen molar-refractivity contribution in [3.8, 4) is 0 Å². The number of piperazine rings is 1. The molecule has 2 aromatic carbocycles. The number of nitrogens with zero attached hydrogens (tertiary/aromatic N) is 5. The van der Waals surface area contributed by atoms with E-state index >= 15 is 4.39 Å². The Morgan fingerprint density at radius 3 is 2.55 bits per heavy atom. The molecule has 1 aromatic heterocycles. The molecule has 1 amide bonds. The summed E-state index contributed by atoms with van der Waals surface area (Å²) < 4.78 is 16.7. The molecular weight excluding hydrogens is 483 g/mol. The SMILES string of the molecule is CN(C)CCCNC(=O)c1ccc(/C=C2\CCn3c2nc2cc(N4CCN(C)CC4)c(F)cc2c3=O)cc1. The molecule has 8 nitrogen and oxygen atoms in total. The maximum absolute atomic E-state index is 15.0. The van der Waals surface area contributed by atoms with Crippen LogP contribution in [0.5, 0.6) is 0 Å². The predicted molar refractivity (Wildman–Crippen MR) is 150 cm³/mol. The molecule has 0 atom stereocenters. The Hall–Kier alpha value is -3.56. The molecule has 0 aliphatic carbocycles. The van der Waals surface area contributed by atoms with Gasteiger partial charge in [0.1, 0.15) is 11.6 Å². The zero-order chi connectivity index (χ0) is 26.8. The largest absolute Gasteiger partial charge is 0.367 e. The molecule has 0 radical (unpaired) electrons. The van der Waals surface area contributed by atoms with E-state index in [-0.39, 0.29) is 17.3 Å². The van der Waals surface area contributed by atoms with Crippen molar-refractivity contribution in [2.24, 2.45) is 0 Å². The summed E-state index contributed by atoms with van der Waals surface area (Å²) in [5, 5.41) is 3.27. The fourth-order valence-corrected chi connectivity index (χ4v) is 5.08. The molecule has 200 valence electrons. The minimum Gasteiger partial charge on any atom is -0.367 e. The van der Waals surface area contributed by atoms with Crippen LogP contribution in [0.3, 0.4) is 0 Å². The fourth-order valence-electron chi connectivity index (χ4n) is 5.08. The maximum Gasteiger partial charge on any atom is 0.261 e. The van der Waals surface area contributed by atoms with Crippen LogP contribution >= 0.6 is 0 Å². The molecule has 1 N–H and O–H groups in total. The number of amides is 1. The number of anilines is 1. The van der Waals surface area contributed by atoms with Crippen molar-refractivity contribution in [2.45, 2.75) is 19.4 Å². The fraction of sp³-hybridized carbons (Fsp3) is 0.414. The van der Waals surface area contributed by atoms with Crippen LogP contribution in [0.4, 0.5) is 10.1 Å². The van der Waals surface area contributed by atoms with Crippen molar-refractivity contribution in [3.05, 3.63) is 69.5 Å². The highest BCUT2D eigenvalue weighted by atomic mass is 19.1. The smallest absolute Gasteiger partial charge is 0.261 e. The van der Waals surface area contributed by atoms with Crippen LogP contribution in [0.1, 0.15) is 34.6 Å². The molecule has 38 heavy (non-hydrogen) atoms. The van der Waals surface area contributed by atoms with E-state index in [2.05, 4.69) is 22.2 Å². The first-order chi connectivity index (χ1) is 18.3. The van der Waals surface area contributed by atoms with E-state index in [4.69, 9.17) is 4.98 Å². The number of hydrogen-bond acceptors (Lipinski definition) is 6. The minimum absolute atomic E-state index is 0.0859. The van der Waals surface area contributed by atoms with Crippen molar-refractivity contribution >= 4 is 34.1 Å². The molecule has 0 spiro atoms. The Balaban J connectivity index is 1.37. The van der Waals surface area contributed by atoms with Gasteiger partial charge in [0, 0.05) is 44.8 Å². The summed E-state index contributed by atoms with van der Waals surface area (Å²) >= 11 is 0. The van der Waals surface area contributed by atoms with Crippen LogP contribution < -0.4 is 15.8 Å². The normalized spacial score (nSPS) is 17.0.